The van der Waals surface area contributed by atoms with Crippen molar-refractivity contribution in [1.82, 2.24) is 9.55 Å². The van der Waals surface area contributed by atoms with Crippen LogP contribution in [-0.2, 0) is 5.41 Å². The van der Waals surface area contributed by atoms with Gasteiger partial charge in [0.25, 0.3) is 0 Å². The third kappa shape index (κ3) is 5.38. The SMILES string of the molecule is CC1(C)c2ccccc2-c2ccc(-n3c4ccccc4c4ccc(-c5cccc(-c6ccc(N(c7ccccc7)c7ccc8cnccc8c7)cc6)c5)cc43)cc21. The highest BCUT2D eigenvalue weighted by molar-refractivity contribution is 6.10. The maximum absolute atomic E-state index is 4.31. The summed E-state index contributed by atoms with van der Waals surface area (Å²) in [7, 11) is 0. The molecule has 0 aliphatic heterocycles. The van der Waals surface area contributed by atoms with E-state index in [-0.39, 0.29) is 5.41 Å². The van der Waals surface area contributed by atoms with E-state index in [4.69, 9.17) is 0 Å². The van der Waals surface area contributed by atoms with E-state index in [0.29, 0.717) is 0 Å². The van der Waals surface area contributed by atoms with E-state index in [1.807, 2.05) is 12.4 Å². The first-order valence-corrected chi connectivity index (χ1v) is 19.7. The summed E-state index contributed by atoms with van der Waals surface area (Å²) < 4.78 is 2.46. The number of benzene rings is 8. The molecule has 8 aromatic carbocycles. The van der Waals surface area contributed by atoms with Gasteiger partial charge in [-0.2, -0.15) is 0 Å². The molecule has 0 N–H and O–H groups in total. The van der Waals surface area contributed by atoms with E-state index in [2.05, 4.69) is 216 Å². The molecule has 10 aromatic rings. The van der Waals surface area contributed by atoms with Crippen LogP contribution in [-0.4, -0.2) is 9.55 Å². The highest BCUT2D eigenvalue weighted by atomic mass is 15.1. The van der Waals surface area contributed by atoms with Crippen LogP contribution in [0.25, 0.3) is 71.6 Å². The zero-order valence-electron chi connectivity index (χ0n) is 31.9. The molecule has 270 valence electrons. The normalized spacial score (nSPS) is 12.9. The number of rotatable bonds is 6. The summed E-state index contributed by atoms with van der Waals surface area (Å²) in [6.45, 7) is 4.71. The number of para-hydroxylation sites is 2. The fourth-order valence-corrected chi connectivity index (χ4v) is 9.18. The van der Waals surface area contributed by atoms with Gasteiger partial charge in [0.05, 0.1) is 11.0 Å². The van der Waals surface area contributed by atoms with Crippen LogP contribution in [0.1, 0.15) is 25.0 Å². The van der Waals surface area contributed by atoms with Gasteiger partial charge < -0.3 is 9.47 Å². The van der Waals surface area contributed by atoms with Gasteiger partial charge in [0.15, 0.2) is 0 Å². The highest BCUT2D eigenvalue weighted by Crippen LogP contribution is 2.49. The highest BCUT2D eigenvalue weighted by Gasteiger charge is 2.35. The van der Waals surface area contributed by atoms with Crippen molar-refractivity contribution in [2.45, 2.75) is 19.3 Å². The van der Waals surface area contributed by atoms with Crippen LogP contribution < -0.4 is 4.90 Å². The summed E-state index contributed by atoms with van der Waals surface area (Å²) in [5.41, 5.74) is 17.1. The van der Waals surface area contributed by atoms with Gasteiger partial charge in [-0.05, 0) is 123 Å². The fraction of sp³-hybridized carbons (Fsp3) is 0.0556. The van der Waals surface area contributed by atoms with Crippen LogP contribution >= 0.6 is 0 Å². The second-order valence-corrected chi connectivity index (χ2v) is 15.7. The number of aromatic nitrogens is 2. The topological polar surface area (TPSA) is 21.1 Å². The number of pyridine rings is 1. The number of hydrogen-bond acceptors (Lipinski definition) is 2. The standard InChI is InChI=1S/C54H39N3/c1-54(2)50-17-8-6-15-46(50)47-28-26-45(34-51(47)54)57-52-18-9-7-16-48(52)49-27-22-39(33-53(49)57)38-12-10-11-37(31-38)36-19-23-43(24-20-36)56(42-13-4-3-5-14-42)44-25-21-41-35-55-30-29-40(41)32-44/h3-35H,1-2H3. The van der Waals surface area contributed by atoms with Gasteiger partial charge in [0.1, 0.15) is 0 Å². The number of anilines is 3. The molecular formula is C54H39N3. The van der Waals surface area contributed by atoms with Crippen molar-refractivity contribution in [3.8, 4) is 39.1 Å². The molecule has 0 atom stereocenters. The number of nitrogens with zero attached hydrogens (tertiary/aromatic N) is 3. The monoisotopic (exact) mass is 729 g/mol. The minimum atomic E-state index is -0.0707. The molecule has 0 fully saturated rings. The quantitative estimate of drug-likeness (QED) is 0.170. The van der Waals surface area contributed by atoms with Crippen LogP contribution in [0.3, 0.4) is 0 Å². The molecule has 2 aromatic heterocycles. The van der Waals surface area contributed by atoms with E-state index < -0.39 is 0 Å². The van der Waals surface area contributed by atoms with Gasteiger partial charge in [-0.15, -0.1) is 0 Å². The second-order valence-electron chi connectivity index (χ2n) is 15.7. The van der Waals surface area contributed by atoms with Crippen LogP contribution in [0.2, 0.25) is 0 Å². The van der Waals surface area contributed by atoms with E-state index in [0.717, 1.165) is 27.8 Å². The van der Waals surface area contributed by atoms with Crippen molar-refractivity contribution >= 4 is 49.6 Å². The fourth-order valence-electron chi connectivity index (χ4n) is 9.18. The molecule has 3 heteroatoms. The summed E-state index contributed by atoms with van der Waals surface area (Å²) in [5.74, 6) is 0. The molecule has 0 bridgehead atoms. The molecule has 1 aliphatic carbocycles. The largest absolute Gasteiger partial charge is 0.310 e. The molecule has 0 saturated carbocycles. The van der Waals surface area contributed by atoms with Crippen molar-refractivity contribution < 1.29 is 0 Å². The first-order valence-electron chi connectivity index (χ1n) is 19.7. The van der Waals surface area contributed by atoms with Gasteiger partial charge in [0, 0.05) is 56.7 Å². The maximum atomic E-state index is 4.31. The van der Waals surface area contributed by atoms with Gasteiger partial charge in [-0.3, -0.25) is 4.98 Å². The van der Waals surface area contributed by atoms with Crippen LogP contribution in [0, 0.1) is 0 Å². The second kappa shape index (κ2) is 12.9. The lowest BCUT2D eigenvalue weighted by Crippen LogP contribution is -2.15. The van der Waals surface area contributed by atoms with E-state index >= 15 is 0 Å². The van der Waals surface area contributed by atoms with Crippen LogP contribution in [0.15, 0.2) is 200 Å². The Kier molecular flexibility index (Phi) is 7.52. The lowest BCUT2D eigenvalue weighted by molar-refractivity contribution is 0.660. The Hall–Kier alpha value is -7.23. The van der Waals surface area contributed by atoms with Gasteiger partial charge in [-0.1, -0.05) is 129 Å². The molecule has 2 heterocycles. The molecule has 0 radical (unpaired) electrons. The molecule has 0 spiro atoms. The summed E-state index contributed by atoms with van der Waals surface area (Å²) in [6, 6.07) is 68.8. The Morgan fingerprint density at radius 2 is 1.12 bits per heavy atom. The molecular weight excluding hydrogens is 691 g/mol. The molecule has 57 heavy (non-hydrogen) atoms. The third-order valence-corrected chi connectivity index (χ3v) is 12.1. The average molecular weight is 730 g/mol. The Balaban J connectivity index is 0.974. The molecule has 1 aliphatic rings. The van der Waals surface area contributed by atoms with Crippen LogP contribution in [0.4, 0.5) is 17.1 Å². The first kappa shape index (κ1) is 33.1. The third-order valence-electron chi connectivity index (χ3n) is 12.1. The Morgan fingerprint density at radius 1 is 0.439 bits per heavy atom. The Morgan fingerprint density at radius 3 is 2.00 bits per heavy atom. The van der Waals surface area contributed by atoms with Gasteiger partial charge in [0.2, 0.25) is 0 Å². The predicted molar refractivity (Wildman–Crippen MR) is 239 cm³/mol. The lowest BCUT2D eigenvalue weighted by Gasteiger charge is -2.26. The maximum Gasteiger partial charge on any atom is 0.0547 e. The lowest BCUT2D eigenvalue weighted by atomic mass is 9.82. The molecule has 3 nitrogen and oxygen atoms in total. The predicted octanol–water partition coefficient (Wildman–Crippen LogP) is 14.4. The molecule has 11 rings (SSSR count). The van der Waals surface area contributed by atoms with Crippen LogP contribution in [0.5, 0.6) is 0 Å². The molecule has 0 saturated heterocycles. The van der Waals surface area contributed by atoms with Crippen molar-refractivity contribution in [3.63, 3.8) is 0 Å². The Bertz CT molecular complexity index is 3150. The van der Waals surface area contributed by atoms with Crippen molar-refractivity contribution in [2.75, 3.05) is 4.90 Å². The smallest absolute Gasteiger partial charge is 0.0547 e. The van der Waals surface area contributed by atoms with Crippen molar-refractivity contribution in [3.05, 3.63) is 212 Å². The summed E-state index contributed by atoms with van der Waals surface area (Å²) in [4.78, 5) is 6.63. The minimum Gasteiger partial charge on any atom is -0.310 e. The summed E-state index contributed by atoms with van der Waals surface area (Å²) in [6.07, 6.45) is 3.77. The zero-order valence-corrected chi connectivity index (χ0v) is 31.9. The van der Waals surface area contributed by atoms with Crippen molar-refractivity contribution in [1.29, 1.82) is 0 Å². The van der Waals surface area contributed by atoms with E-state index in [1.165, 1.54) is 72.0 Å². The van der Waals surface area contributed by atoms with E-state index in [9.17, 15) is 0 Å². The zero-order chi connectivity index (χ0) is 38.1. The summed E-state index contributed by atoms with van der Waals surface area (Å²) in [5, 5.41) is 4.82. The number of hydrogen-bond donors (Lipinski definition) is 0. The molecule has 0 unspecified atom stereocenters. The van der Waals surface area contributed by atoms with Gasteiger partial charge in [-0.25, -0.2) is 0 Å². The first-order chi connectivity index (χ1) is 28.0. The summed E-state index contributed by atoms with van der Waals surface area (Å²) >= 11 is 0. The number of fused-ring (bicyclic) bond motifs is 7. The van der Waals surface area contributed by atoms with E-state index in [1.54, 1.807) is 0 Å². The van der Waals surface area contributed by atoms with Crippen molar-refractivity contribution in [2.24, 2.45) is 0 Å². The Labute approximate surface area is 332 Å². The average Bonchev–Trinajstić information content (AvgIpc) is 3.72. The van der Waals surface area contributed by atoms with Gasteiger partial charge >= 0.3 is 0 Å². The minimum absolute atomic E-state index is 0.0707. The molecule has 0 amide bonds.